The standard InChI is InChI=1S/C25H26FN3O/c1-4-18-8-6-5-7-9-21(18)25(2,3)24-28-22-16-29(11-10-23(22)30-24)20-13-17(15-27)12-19(26)14-20/h5-9,12-14,18H,4,10-11,16H2,1-3H3. The van der Waals surface area contributed by atoms with Crippen LogP contribution in [0.4, 0.5) is 10.1 Å². The Hall–Kier alpha value is -3.13. The average Bonchev–Trinajstić information content (AvgIpc) is 3.02. The molecule has 2 aliphatic rings. The quantitative estimate of drug-likeness (QED) is 0.666. The summed E-state index contributed by atoms with van der Waals surface area (Å²) in [6.45, 7) is 7.75. The molecule has 1 aliphatic heterocycles. The summed E-state index contributed by atoms with van der Waals surface area (Å²) in [6.07, 6.45) is 12.4. The molecule has 1 unspecified atom stereocenters. The molecule has 2 heterocycles. The number of fused-ring (bicyclic) bond motifs is 1. The van der Waals surface area contributed by atoms with Crippen molar-refractivity contribution in [3.63, 3.8) is 0 Å². The number of hydrogen-bond acceptors (Lipinski definition) is 4. The van der Waals surface area contributed by atoms with E-state index in [0.29, 0.717) is 36.7 Å². The van der Waals surface area contributed by atoms with Gasteiger partial charge in [0.2, 0.25) is 5.89 Å². The Balaban J connectivity index is 1.63. The van der Waals surface area contributed by atoms with Gasteiger partial charge in [0, 0.05) is 18.7 Å². The third-order valence-electron chi connectivity index (χ3n) is 6.04. The maximum absolute atomic E-state index is 13.9. The zero-order chi connectivity index (χ0) is 21.3. The minimum absolute atomic E-state index is 0.324. The van der Waals surface area contributed by atoms with Gasteiger partial charge in [0.25, 0.3) is 0 Å². The molecule has 0 N–H and O–H groups in total. The van der Waals surface area contributed by atoms with E-state index in [9.17, 15) is 4.39 Å². The molecule has 1 aliphatic carbocycles. The fourth-order valence-electron chi connectivity index (χ4n) is 4.31. The van der Waals surface area contributed by atoms with Crippen molar-refractivity contribution in [2.75, 3.05) is 11.4 Å². The van der Waals surface area contributed by atoms with Crippen molar-refractivity contribution in [3.05, 3.63) is 82.9 Å². The van der Waals surface area contributed by atoms with Gasteiger partial charge in [-0.2, -0.15) is 5.26 Å². The molecule has 4 nitrogen and oxygen atoms in total. The van der Waals surface area contributed by atoms with Crippen molar-refractivity contribution in [3.8, 4) is 6.07 Å². The van der Waals surface area contributed by atoms with Gasteiger partial charge in [0.05, 0.1) is 23.6 Å². The normalized spacial score (nSPS) is 18.6. The van der Waals surface area contributed by atoms with Crippen LogP contribution in [0.5, 0.6) is 0 Å². The average molecular weight is 404 g/mol. The Bertz CT molecular complexity index is 1080. The molecule has 1 aromatic carbocycles. The van der Waals surface area contributed by atoms with E-state index < -0.39 is 5.82 Å². The summed E-state index contributed by atoms with van der Waals surface area (Å²) in [5.41, 5.74) is 2.86. The molecule has 1 aromatic heterocycles. The Morgan fingerprint density at radius 1 is 1.27 bits per heavy atom. The first kappa shape index (κ1) is 20.2. The number of allylic oxidation sites excluding steroid dienone is 6. The number of nitrogens with zero attached hydrogens (tertiary/aromatic N) is 3. The predicted molar refractivity (Wildman–Crippen MR) is 116 cm³/mol. The van der Waals surface area contributed by atoms with E-state index in [1.165, 1.54) is 17.7 Å². The van der Waals surface area contributed by atoms with Crippen LogP contribution in [-0.2, 0) is 18.4 Å². The van der Waals surface area contributed by atoms with Crippen molar-refractivity contribution in [1.82, 2.24) is 4.98 Å². The molecule has 4 rings (SSSR count). The van der Waals surface area contributed by atoms with E-state index in [1.807, 2.05) is 6.07 Å². The second-order valence-electron chi connectivity index (χ2n) is 8.40. The summed E-state index contributed by atoms with van der Waals surface area (Å²) in [6, 6.07) is 6.47. The third kappa shape index (κ3) is 3.70. The minimum Gasteiger partial charge on any atom is -0.444 e. The zero-order valence-corrected chi connectivity index (χ0v) is 17.7. The van der Waals surface area contributed by atoms with Crippen molar-refractivity contribution < 1.29 is 8.81 Å². The lowest BCUT2D eigenvalue weighted by Crippen LogP contribution is -2.30. The van der Waals surface area contributed by atoms with Gasteiger partial charge in [-0.3, -0.25) is 0 Å². The molecular formula is C25H26FN3O. The van der Waals surface area contributed by atoms with Gasteiger partial charge >= 0.3 is 0 Å². The zero-order valence-electron chi connectivity index (χ0n) is 17.7. The lowest BCUT2D eigenvalue weighted by atomic mass is 9.76. The van der Waals surface area contributed by atoms with E-state index in [2.05, 4.69) is 56.1 Å². The Morgan fingerprint density at radius 2 is 2.10 bits per heavy atom. The molecule has 2 aromatic rings. The van der Waals surface area contributed by atoms with Gasteiger partial charge in [0.1, 0.15) is 17.3 Å². The number of oxazole rings is 1. The molecule has 0 bridgehead atoms. The van der Waals surface area contributed by atoms with Crippen molar-refractivity contribution in [2.45, 2.75) is 45.6 Å². The van der Waals surface area contributed by atoms with Gasteiger partial charge in [-0.15, -0.1) is 0 Å². The summed E-state index contributed by atoms with van der Waals surface area (Å²) in [5.74, 6) is 1.57. The number of aromatic nitrogens is 1. The molecular weight excluding hydrogens is 377 g/mol. The molecule has 0 radical (unpaired) electrons. The van der Waals surface area contributed by atoms with E-state index in [-0.39, 0.29) is 5.41 Å². The summed E-state index contributed by atoms with van der Waals surface area (Å²) in [4.78, 5) is 6.93. The predicted octanol–water partition coefficient (Wildman–Crippen LogP) is 5.60. The molecule has 0 spiro atoms. The second kappa shape index (κ2) is 7.95. The third-order valence-corrected chi connectivity index (χ3v) is 6.04. The van der Waals surface area contributed by atoms with Gasteiger partial charge < -0.3 is 9.32 Å². The van der Waals surface area contributed by atoms with Gasteiger partial charge in [-0.25, -0.2) is 9.37 Å². The second-order valence-corrected chi connectivity index (χ2v) is 8.40. The number of anilines is 1. The molecule has 0 saturated carbocycles. The fourth-order valence-corrected chi connectivity index (χ4v) is 4.31. The van der Waals surface area contributed by atoms with Crippen LogP contribution in [0, 0.1) is 23.1 Å². The van der Waals surface area contributed by atoms with Gasteiger partial charge in [-0.1, -0.05) is 37.3 Å². The van der Waals surface area contributed by atoms with Crippen LogP contribution in [0.25, 0.3) is 0 Å². The largest absolute Gasteiger partial charge is 0.444 e. The van der Waals surface area contributed by atoms with Crippen LogP contribution in [0.15, 0.2) is 58.6 Å². The monoisotopic (exact) mass is 403 g/mol. The SMILES string of the molecule is CCC1C=CC=CC=C1C(C)(C)c1nc2c(o1)CCN(c1cc(F)cc(C#N)c1)C2. The highest BCUT2D eigenvalue weighted by Gasteiger charge is 2.36. The molecule has 0 amide bonds. The smallest absolute Gasteiger partial charge is 0.204 e. The number of hydrogen-bond donors (Lipinski definition) is 0. The molecule has 30 heavy (non-hydrogen) atoms. The van der Waals surface area contributed by atoms with E-state index in [0.717, 1.165) is 23.8 Å². The van der Waals surface area contributed by atoms with Crippen LogP contribution < -0.4 is 4.90 Å². The highest BCUT2D eigenvalue weighted by atomic mass is 19.1. The van der Waals surface area contributed by atoms with Gasteiger partial charge in [-0.05, 0) is 50.0 Å². The number of benzene rings is 1. The number of nitriles is 1. The van der Waals surface area contributed by atoms with Crippen LogP contribution in [0.1, 0.15) is 50.1 Å². The summed E-state index contributed by atoms with van der Waals surface area (Å²) < 4.78 is 20.2. The molecule has 0 saturated heterocycles. The molecule has 5 heteroatoms. The highest BCUT2D eigenvalue weighted by Crippen LogP contribution is 2.39. The van der Waals surface area contributed by atoms with E-state index in [1.54, 1.807) is 6.07 Å². The Labute approximate surface area is 177 Å². The first-order chi connectivity index (χ1) is 14.4. The Morgan fingerprint density at radius 3 is 2.87 bits per heavy atom. The first-order valence-corrected chi connectivity index (χ1v) is 10.4. The lowest BCUT2D eigenvalue weighted by molar-refractivity contribution is 0.368. The summed E-state index contributed by atoms with van der Waals surface area (Å²) in [7, 11) is 0. The molecule has 1 atom stereocenters. The summed E-state index contributed by atoms with van der Waals surface area (Å²) in [5, 5.41) is 9.14. The van der Waals surface area contributed by atoms with Crippen molar-refractivity contribution in [1.29, 1.82) is 5.26 Å². The van der Waals surface area contributed by atoms with Gasteiger partial charge in [0.15, 0.2) is 0 Å². The Kier molecular flexibility index (Phi) is 5.34. The van der Waals surface area contributed by atoms with Crippen LogP contribution in [0.2, 0.25) is 0 Å². The number of halogens is 1. The molecule has 154 valence electrons. The first-order valence-electron chi connectivity index (χ1n) is 10.4. The maximum Gasteiger partial charge on any atom is 0.204 e. The van der Waals surface area contributed by atoms with E-state index in [4.69, 9.17) is 14.7 Å². The maximum atomic E-state index is 13.9. The lowest BCUT2D eigenvalue weighted by Gasteiger charge is -2.29. The van der Waals surface area contributed by atoms with Crippen LogP contribution in [0.3, 0.4) is 0 Å². The van der Waals surface area contributed by atoms with Crippen LogP contribution >= 0.6 is 0 Å². The topological polar surface area (TPSA) is 53.1 Å². The fraction of sp³-hybridized carbons (Fsp3) is 0.360. The van der Waals surface area contributed by atoms with Crippen molar-refractivity contribution in [2.24, 2.45) is 5.92 Å². The number of rotatable bonds is 4. The summed E-state index contributed by atoms with van der Waals surface area (Å²) >= 11 is 0. The minimum atomic E-state index is -0.399. The van der Waals surface area contributed by atoms with E-state index >= 15 is 0 Å². The molecule has 0 fully saturated rings. The van der Waals surface area contributed by atoms with Crippen molar-refractivity contribution >= 4 is 5.69 Å². The van der Waals surface area contributed by atoms with Crippen LogP contribution in [-0.4, -0.2) is 11.5 Å². The highest BCUT2D eigenvalue weighted by molar-refractivity contribution is 5.53.